The van der Waals surface area contributed by atoms with Crippen LogP contribution >= 0.6 is 35.3 Å². The molecule has 3 rings (SSSR count). The smallest absolute Gasteiger partial charge is 0.268 e. The minimum atomic E-state index is -0.235. The molecule has 2 heterocycles. The SMILES string of the molecule is CNC(=O)CC1CN(SNC(C)=O)CCC1NC(=O)c1cc2c(Cl)c(Cl)ccc2n1C. The zero-order valence-electron chi connectivity index (χ0n) is 17.5. The number of halogens is 2. The molecule has 0 radical (unpaired) electrons. The van der Waals surface area contributed by atoms with E-state index in [0.717, 1.165) is 5.52 Å². The number of nitrogens with zero attached hydrogens (tertiary/aromatic N) is 2. The van der Waals surface area contributed by atoms with Crippen molar-refractivity contribution < 1.29 is 14.4 Å². The minimum Gasteiger partial charge on any atom is -0.359 e. The van der Waals surface area contributed by atoms with Crippen molar-refractivity contribution >= 4 is 64.0 Å². The Morgan fingerprint density at radius 2 is 2.00 bits per heavy atom. The molecule has 3 N–H and O–H groups in total. The third-order valence-corrected chi connectivity index (χ3v) is 7.19. The number of benzene rings is 1. The van der Waals surface area contributed by atoms with E-state index < -0.39 is 0 Å². The van der Waals surface area contributed by atoms with Crippen molar-refractivity contribution in [2.75, 3.05) is 20.1 Å². The molecule has 0 saturated carbocycles. The second kappa shape index (κ2) is 10.1. The van der Waals surface area contributed by atoms with Gasteiger partial charge in [0.15, 0.2) is 0 Å². The molecular formula is C20H25Cl2N5O3S. The zero-order chi connectivity index (χ0) is 22.7. The van der Waals surface area contributed by atoms with Crippen LogP contribution in [0.1, 0.15) is 30.3 Å². The molecule has 2 aromatic rings. The maximum Gasteiger partial charge on any atom is 0.268 e. The summed E-state index contributed by atoms with van der Waals surface area (Å²) < 4.78 is 6.48. The molecule has 3 amide bonds. The maximum atomic E-state index is 13.1. The van der Waals surface area contributed by atoms with E-state index in [0.29, 0.717) is 40.6 Å². The minimum absolute atomic E-state index is 0.0957. The van der Waals surface area contributed by atoms with E-state index in [1.165, 1.54) is 19.1 Å². The second-order valence-corrected chi connectivity index (χ2v) is 9.21. The molecule has 1 aromatic heterocycles. The first-order valence-corrected chi connectivity index (χ1v) is 11.4. The molecular weight excluding hydrogens is 461 g/mol. The lowest BCUT2D eigenvalue weighted by atomic mass is 9.90. The van der Waals surface area contributed by atoms with Crippen LogP contribution < -0.4 is 15.4 Å². The number of aryl methyl sites for hydroxylation is 1. The summed E-state index contributed by atoms with van der Waals surface area (Å²) in [6, 6.07) is 5.08. The van der Waals surface area contributed by atoms with Crippen molar-refractivity contribution in [1.29, 1.82) is 0 Å². The Balaban J connectivity index is 1.77. The molecule has 31 heavy (non-hydrogen) atoms. The summed E-state index contributed by atoms with van der Waals surface area (Å²) in [7, 11) is 3.39. The number of hydrogen-bond acceptors (Lipinski definition) is 5. The van der Waals surface area contributed by atoms with E-state index >= 15 is 0 Å². The number of aromatic nitrogens is 1. The van der Waals surface area contributed by atoms with Crippen molar-refractivity contribution in [3.63, 3.8) is 0 Å². The van der Waals surface area contributed by atoms with Crippen LogP contribution in [0.3, 0.4) is 0 Å². The Morgan fingerprint density at radius 1 is 1.26 bits per heavy atom. The van der Waals surface area contributed by atoms with Crippen LogP contribution in [-0.4, -0.2) is 52.8 Å². The fraction of sp³-hybridized carbons (Fsp3) is 0.450. The van der Waals surface area contributed by atoms with Gasteiger partial charge in [0, 0.05) is 75.5 Å². The van der Waals surface area contributed by atoms with Crippen molar-refractivity contribution in [3.8, 4) is 0 Å². The van der Waals surface area contributed by atoms with Gasteiger partial charge in [-0.1, -0.05) is 23.2 Å². The summed E-state index contributed by atoms with van der Waals surface area (Å²) in [5.41, 5.74) is 1.27. The van der Waals surface area contributed by atoms with Crippen LogP contribution in [-0.2, 0) is 16.6 Å². The Kier molecular flexibility index (Phi) is 7.74. The molecule has 1 fully saturated rings. The Bertz CT molecular complexity index is 1010. The predicted octanol–water partition coefficient (Wildman–Crippen LogP) is 2.74. The average molecular weight is 486 g/mol. The van der Waals surface area contributed by atoms with E-state index in [9.17, 15) is 14.4 Å². The zero-order valence-corrected chi connectivity index (χ0v) is 19.8. The Labute approximate surface area is 195 Å². The molecule has 0 spiro atoms. The van der Waals surface area contributed by atoms with Crippen LogP contribution in [0.15, 0.2) is 18.2 Å². The fourth-order valence-electron chi connectivity index (χ4n) is 3.76. The number of carbonyl (C=O) groups is 3. The highest BCUT2D eigenvalue weighted by atomic mass is 35.5. The van der Waals surface area contributed by atoms with Gasteiger partial charge < -0.3 is 15.2 Å². The van der Waals surface area contributed by atoms with E-state index in [1.54, 1.807) is 30.8 Å². The molecule has 1 aliphatic heterocycles. The van der Waals surface area contributed by atoms with E-state index in [-0.39, 0.29) is 36.1 Å². The third-order valence-electron chi connectivity index (χ3n) is 5.40. The van der Waals surface area contributed by atoms with Gasteiger partial charge in [-0.25, -0.2) is 4.31 Å². The summed E-state index contributed by atoms with van der Waals surface area (Å²) >= 11 is 13.7. The van der Waals surface area contributed by atoms with Gasteiger partial charge in [0.25, 0.3) is 5.91 Å². The highest BCUT2D eigenvalue weighted by Gasteiger charge is 2.33. The normalized spacial score (nSPS) is 19.3. The average Bonchev–Trinajstić information content (AvgIpc) is 3.07. The lowest BCUT2D eigenvalue weighted by molar-refractivity contribution is -0.122. The van der Waals surface area contributed by atoms with Crippen molar-refractivity contribution in [1.82, 2.24) is 24.2 Å². The third kappa shape index (κ3) is 5.46. The van der Waals surface area contributed by atoms with Gasteiger partial charge >= 0.3 is 0 Å². The van der Waals surface area contributed by atoms with E-state index in [4.69, 9.17) is 23.2 Å². The second-order valence-electron chi connectivity index (χ2n) is 7.53. The highest BCUT2D eigenvalue weighted by molar-refractivity contribution is 7.95. The quantitative estimate of drug-likeness (QED) is 0.546. The van der Waals surface area contributed by atoms with E-state index in [2.05, 4.69) is 15.4 Å². The molecule has 1 aliphatic rings. The first kappa shape index (κ1) is 23.7. The summed E-state index contributed by atoms with van der Waals surface area (Å²) in [6.07, 6.45) is 0.922. The molecule has 0 aliphatic carbocycles. The lowest BCUT2D eigenvalue weighted by Gasteiger charge is -2.37. The summed E-state index contributed by atoms with van der Waals surface area (Å²) in [5, 5.41) is 7.30. The molecule has 2 atom stereocenters. The largest absolute Gasteiger partial charge is 0.359 e. The van der Waals surface area contributed by atoms with Crippen LogP contribution in [0, 0.1) is 5.92 Å². The van der Waals surface area contributed by atoms with Gasteiger partial charge in [-0.15, -0.1) is 0 Å². The van der Waals surface area contributed by atoms with Crippen LogP contribution in [0.2, 0.25) is 10.0 Å². The fourth-order valence-corrected chi connectivity index (χ4v) is 4.86. The number of nitrogens with one attached hydrogen (secondary N) is 3. The lowest BCUT2D eigenvalue weighted by Crippen LogP contribution is -2.51. The van der Waals surface area contributed by atoms with Gasteiger partial charge in [0.1, 0.15) is 5.69 Å². The van der Waals surface area contributed by atoms with Gasteiger partial charge in [-0.2, -0.15) is 0 Å². The van der Waals surface area contributed by atoms with Crippen molar-refractivity contribution in [2.24, 2.45) is 13.0 Å². The number of carbonyl (C=O) groups excluding carboxylic acids is 3. The van der Waals surface area contributed by atoms with Gasteiger partial charge in [0.2, 0.25) is 11.8 Å². The van der Waals surface area contributed by atoms with E-state index in [1.807, 2.05) is 10.4 Å². The number of fused-ring (bicyclic) bond motifs is 1. The number of rotatable bonds is 6. The van der Waals surface area contributed by atoms with Gasteiger partial charge in [-0.3, -0.25) is 19.1 Å². The number of hydrogen-bond donors (Lipinski definition) is 3. The Morgan fingerprint density at radius 3 is 2.68 bits per heavy atom. The molecule has 1 aromatic carbocycles. The van der Waals surface area contributed by atoms with Gasteiger partial charge in [-0.05, 0) is 24.6 Å². The van der Waals surface area contributed by atoms with Crippen LogP contribution in [0.25, 0.3) is 10.9 Å². The topological polar surface area (TPSA) is 95.5 Å². The summed E-state index contributed by atoms with van der Waals surface area (Å²) in [4.78, 5) is 36.4. The number of amides is 3. The van der Waals surface area contributed by atoms with Gasteiger partial charge in [0.05, 0.1) is 10.0 Å². The van der Waals surface area contributed by atoms with Crippen LogP contribution in [0.4, 0.5) is 0 Å². The monoisotopic (exact) mass is 485 g/mol. The first-order chi connectivity index (χ1) is 14.7. The summed E-state index contributed by atoms with van der Waals surface area (Å²) in [5.74, 6) is -0.577. The molecule has 168 valence electrons. The molecule has 0 bridgehead atoms. The standard InChI is InChI=1S/C20H25Cl2N5O3S/c1-11(28)25-31-27-7-6-15(12(10-27)8-18(29)23-2)24-20(30)17-9-13-16(26(17)3)5-4-14(21)19(13)22/h4-5,9,12,15H,6-8,10H2,1-3H3,(H,23,29)(H,24,30)(H,25,28). The predicted molar refractivity (Wildman–Crippen MR) is 124 cm³/mol. The Hall–Kier alpha value is -1.94. The van der Waals surface area contributed by atoms with Crippen molar-refractivity contribution in [3.05, 3.63) is 33.9 Å². The summed E-state index contributed by atoms with van der Waals surface area (Å²) in [6.45, 7) is 2.67. The number of piperidine rings is 1. The molecule has 8 nitrogen and oxygen atoms in total. The molecule has 2 unspecified atom stereocenters. The van der Waals surface area contributed by atoms with Crippen LogP contribution in [0.5, 0.6) is 0 Å². The first-order valence-electron chi connectivity index (χ1n) is 9.84. The molecule has 11 heteroatoms. The molecule has 1 saturated heterocycles. The van der Waals surface area contributed by atoms with Crippen molar-refractivity contribution in [2.45, 2.75) is 25.8 Å². The maximum absolute atomic E-state index is 13.1. The highest BCUT2D eigenvalue weighted by Crippen LogP contribution is 2.33.